The Labute approximate surface area is 143 Å². The van der Waals surface area contributed by atoms with E-state index in [-0.39, 0.29) is 18.2 Å². The summed E-state index contributed by atoms with van der Waals surface area (Å²) < 4.78 is 11.9. The number of aryl methyl sites for hydroxylation is 1. The van der Waals surface area contributed by atoms with Crippen molar-refractivity contribution in [1.82, 2.24) is 0 Å². The molecule has 3 rings (SSSR count). The van der Waals surface area contributed by atoms with E-state index in [9.17, 15) is 9.59 Å². The van der Waals surface area contributed by atoms with Crippen molar-refractivity contribution in [2.75, 3.05) is 6.61 Å². The molecule has 23 heavy (non-hydrogen) atoms. The highest BCUT2D eigenvalue weighted by atomic mass is 79.9. The molecule has 0 radical (unpaired) electrons. The summed E-state index contributed by atoms with van der Waals surface area (Å²) in [7, 11) is 0. The van der Waals surface area contributed by atoms with Crippen molar-refractivity contribution in [3.63, 3.8) is 0 Å². The molecule has 1 aromatic heterocycles. The molecule has 1 heterocycles. The van der Waals surface area contributed by atoms with Gasteiger partial charge in [-0.1, -0.05) is 28.1 Å². The third-order valence-corrected chi connectivity index (χ3v) is 4.41. The number of carbonyl (C=O) groups is 2. The van der Waals surface area contributed by atoms with Crippen molar-refractivity contribution in [2.45, 2.75) is 32.6 Å². The molecule has 0 saturated heterocycles. The number of hydrogen-bond acceptors (Lipinski definition) is 4. The minimum absolute atomic E-state index is 0.0412. The summed E-state index contributed by atoms with van der Waals surface area (Å²) >= 11 is 3.41. The smallest absolute Gasteiger partial charge is 0.313 e. The predicted molar refractivity (Wildman–Crippen MR) is 89.4 cm³/mol. The lowest BCUT2D eigenvalue weighted by Gasteiger charge is -2.10. The fraction of sp³-hybridized carbons (Fsp3) is 0.333. The van der Waals surface area contributed by atoms with E-state index in [1.165, 1.54) is 0 Å². The third-order valence-electron chi connectivity index (χ3n) is 3.88. The van der Waals surface area contributed by atoms with Gasteiger partial charge in [0.05, 0.1) is 12.2 Å². The van der Waals surface area contributed by atoms with Crippen molar-refractivity contribution in [1.29, 1.82) is 0 Å². The maximum Gasteiger partial charge on any atom is 0.313 e. The first-order valence-electron chi connectivity index (χ1n) is 7.69. The van der Waals surface area contributed by atoms with E-state index >= 15 is 0 Å². The molecule has 1 aliphatic carbocycles. The number of esters is 1. The molecule has 5 heteroatoms. The van der Waals surface area contributed by atoms with Gasteiger partial charge >= 0.3 is 5.97 Å². The Hall–Kier alpha value is -1.88. The van der Waals surface area contributed by atoms with Gasteiger partial charge in [0.25, 0.3) is 0 Å². The van der Waals surface area contributed by atoms with Gasteiger partial charge < -0.3 is 9.15 Å². The first kappa shape index (κ1) is 16.0. The molecule has 0 bridgehead atoms. The largest absolute Gasteiger partial charge is 0.466 e. The number of furan rings is 1. The van der Waals surface area contributed by atoms with Gasteiger partial charge in [0.2, 0.25) is 0 Å². The number of ether oxygens (including phenoxy) is 1. The van der Waals surface area contributed by atoms with Gasteiger partial charge in [0, 0.05) is 22.9 Å². The summed E-state index contributed by atoms with van der Waals surface area (Å²) in [4.78, 5) is 24.3. The van der Waals surface area contributed by atoms with Crippen LogP contribution in [0.3, 0.4) is 0 Å². The SMILES string of the molecule is CCOC(=O)Cc1oc2c(c1-c1ccc(Br)cc1)C(=O)CCC2. The zero-order valence-electron chi connectivity index (χ0n) is 12.9. The van der Waals surface area contributed by atoms with Crippen molar-refractivity contribution in [2.24, 2.45) is 0 Å². The van der Waals surface area contributed by atoms with E-state index in [1.807, 2.05) is 24.3 Å². The molecule has 120 valence electrons. The second kappa shape index (κ2) is 6.71. The van der Waals surface area contributed by atoms with E-state index in [0.29, 0.717) is 30.1 Å². The molecule has 0 unspecified atom stereocenters. The van der Waals surface area contributed by atoms with Crippen LogP contribution in [0.4, 0.5) is 0 Å². The highest BCUT2D eigenvalue weighted by molar-refractivity contribution is 9.10. The minimum Gasteiger partial charge on any atom is -0.466 e. The molecular formula is C18H17BrO4. The van der Waals surface area contributed by atoms with Gasteiger partial charge in [-0.3, -0.25) is 9.59 Å². The number of carbonyl (C=O) groups excluding carboxylic acids is 2. The first-order valence-corrected chi connectivity index (χ1v) is 8.48. The molecule has 0 spiro atoms. The van der Waals surface area contributed by atoms with Gasteiger partial charge in [-0.15, -0.1) is 0 Å². The van der Waals surface area contributed by atoms with Crippen molar-refractivity contribution >= 4 is 27.7 Å². The maximum atomic E-state index is 12.4. The molecule has 0 atom stereocenters. The Bertz CT molecular complexity index is 743. The molecule has 1 aliphatic rings. The number of fused-ring (bicyclic) bond motifs is 1. The Morgan fingerprint density at radius 2 is 1.96 bits per heavy atom. The van der Waals surface area contributed by atoms with Gasteiger partial charge in [-0.05, 0) is 31.0 Å². The van der Waals surface area contributed by atoms with Crippen LogP contribution in [0.2, 0.25) is 0 Å². The zero-order valence-corrected chi connectivity index (χ0v) is 14.4. The van der Waals surface area contributed by atoms with Gasteiger partial charge in [0.15, 0.2) is 5.78 Å². The Kier molecular flexibility index (Phi) is 4.66. The molecule has 2 aromatic rings. The second-order valence-electron chi connectivity index (χ2n) is 5.46. The van der Waals surface area contributed by atoms with E-state index in [2.05, 4.69) is 15.9 Å². The van der Waals surface area contributed by atoms with Crippen LogP contribution in [0.1, 0.15) is 41.6 Å². The van der Waals surface area contributed by atoms with Crippen molar-refractivity contribution in [3.8, 4) is 11.1 Å². The van der Waals surface area contributed by atoms with Crippen LogP contribution < -0.4 is 0 Å². The average Bonchev–Trinajstić information content (AvgIpc) is 2.87. The molecule has 4 nitrogen and oxygen atoms in total. The van der Waals surface area contributed by atoms with Gasteiger partial charge in [-0.25, -0.2) is 0 Å². The number of Topliss-reactive ketones (excluding diaryl/α,β-unsaturated/α-hetero) is 1. The highest BCUT2D eigenvalue weighted by Gasteiger charge is 2.30. The minimum atomic E-state index is -0.343. The maximum absolute atomic E-state index is 12.4. The summed E-state index contributed by atoms with van der Waals surface area (Å²) in [5.74, 6) is 0.955. The molecule has 1 aromatic carbocycles. The van der Waals surface area contributed by atoms with Crippen LogP contribution in [0.5, 0.6) is 0 Å². The number of halogens is 1. The summed E-state index contributed by atoms with van der Waals surface area (Å²) in [6.07, 6.45) is 2.08. The number of benzene rings is 1. The molecule has 0 aliphatic heterocycles. The first-order chi connectivity index (χ1) is 11.1. The summed E-state index contributed by atoms with van der Waals surface area (Å²) in [6.45, 7) is 2.09. The van der Waals surface area contributed by atoms with Crippen molar-refractivity contribution in [3.05, 3.63) is 45.8 Å². The van der Waals surface area contributed by atoms with Crippen LogP contribution in [0.15, 0.2) is 33.2 Å². The van der Waals surface area contributed by atoms with E-state index < -0.39 is 0 Å². The summed E-state index contributed by atoms with van der Waals surface area (Å²) in [5.41, 5.74) is 2.26. The third kappa shape index (κ3) is 3.24. The van der Waals surface area contributed by atoms with Crippen LogP contribution in [0.25, 0.3) is 11.1 Å². The number of ketones is 1. The fourth-order valence-electron chi connectivity index (χ4n) is 2.92. The zero-order chi connectivity index (χ0) is 16.4. The standard InChI is InChI=1S/C18H17BrO4/c1-2-22-16(21)10-15-17(11-6-8-12(19)9-7-11)18-13(20)4-3-5-14(18)23-15/h6-9H,2-5,10H2,1H3. The molecule has 0 fully saturated rings. The highest BCUT2D eigenvalue weighted by Crippen LogP contribution is 2.37. The molecule has 0 N–H and O–H groups in total. The average molecular weight is 377 g/mol. The van der Waals surface area contributed by atoms with E-state index in [1.54, 1.807) is 6.92 Å². The van der Waals surface area contributed by atoms with Crippen LogP contribution in [-0.2, 0) is 22.4 Å². The van der Waals surface area contributed by atoms with E-state index in [0.717, 1.165) is 28.4 Å². The molecule has 0 saturated carbocycles. The van der Waals surface area contributed by atoms with Crippen LogP contribution in [0, 0.1) is 0 Å². The lowest BCUT2D eigenvalue weighted by atomic mass is 9.90. The normalized spacial score (nSPS) is 13.7. The Morgan fingerprint density at radius 1 is 1.22 bits per heavy atom. The van der Waals surface area contributed by atoms with Crippen molar-refractivity contribution < 1.29 is 18.7 Å². The predicted octanol–water partition coefficient (Wildman–Crippen LogP) is 4.33. The second-order valence-corrected chi connectivity index (χ2v) is 6.38. The van der Waals surface area contributed by atoms with Gasteiger partial charge in [-0.2, -0.15) is 0 Å². The van der Waals surface area contributed by atoms with Crippen LogP contribution >= 0.6 is 15.9 Å². The Balaban J connectivity index is 2.10. The fourth-order valence-corrected chi connectivity index (χ4v) is 3.19. The number of hydrogen-bond donors (Lipinski definition) is 0. The van der Waals surface area contributed by atoms with Crippen LogP contribution in [-0.4, -0.2) is 18.4 Å². The summed E-state index contributed by atoms with van der Waals surface area (Å²) in [6, 6.07) is 7.67. The lowest BCUT2D eigenvalue weighted by Crippen LogP contribution is -2.10. The topological polar surface area (TPSA) is 56.5 Å². The molecular weight excluding hydrogens is 360 g/mol. The monoisotopic (exact) mass is 376 g/mol. The molecule has 0 amide bonds. The summed E-state index contributed by atoms with van der Waals surface area (Å²) in [5, 5.41) is 0. The van der Waals surface area contributed by atoms with E-state index in [4.69, 9.17) is 9.15 Å². The van der Waals surface area contributed by atoms with Gasteiger partial charge in [0.1, 0.15) is 17.9 Å². The Morgan fingerprint density at radius 3 is 2.65 bits per heavy atom. The number of rotatable bonds is 4. The quantitative estimate of drug-likeness (QED) is 0.744. The lowest BCUT2D eigenvalue weighted by molar-refractivity contribution is -0.142.